The molecule has 0 bridgehead atoms. The Morgan fingerprint density at radius 1 is 1.10 bits per heavy atom. The van der Waals surface area contributed by atoms with Crippen molar-refractivity contribution in [1.82, 2.24) is 0 Å². The zero-order chi connectivity index (χ0) is 13.5. The molecule has 0 spiro atoms. The summed E-state index contributed by atoms with van der Waals surface area (Å²) in [6.45, 7) is 0. The van der Waals surface area contributed by atoms with Gasteiger partial charge in [-0.15, -0.1) is 22.7 Å². The van der Waals surface area contributed by atoms with Gasteiger partial charge in [-0.05, 0) is 47.4 Å². The zero-order valence-corrected chi connectivity index (χ0v) is 12.7. The van der Waals surface area contributed by atoms with Gasteiger partial charge >= 0.3 is 0 Å². The van der Waals surface area contributed by atoms with Crippen LogP contribution in [-0.4, -0.2) is 5.11 Å². The van der Waals surface area contributed by atoms with E-state index in [-0.39, 0.29) is 0 Å². The third-order valence-electron chi connectivity index (χ3n) is 4.23. The monoisotopic (exact) mass is 300 g/mol. The standard InChI is InChI=1S/C17H16OS2/c18-17(16-10-15-14(20-16)7-8-19-15)13-6-2-5-12(9-13)11-3-1-4-11/h2,5-11,17-18H,1,3-4H2. The Morgan fingerprint density at radius 3 is 2.75 bits per heavy atom. The van der Waals surface area contributed by atoms with Crippen LogP contribution in [0.3, 0.4) is 0 Å². The van der Waals surface area contributed by atoms with Crippen LogP contribution >= 0.6 is 22.7 Å². The number of thiophene rings is 2. The maximum atomic E-state index is 10.6. The molecule has 4 rings (SSSR count). The molecule has 0 amide bonds. The van der Waals surface area contributed by atoms with Gasteiger partial charge in [0.1, 0.15) is 6.10 Å². The minimum absolute atomic E-state index is 0.486. The van der Waals surface area contributed by atoms with Gasteiger partial charge in [0.05, 0.1) is 0 Å². The average molecular weight is 300 g/mol. The lowest BCUT2D eigenvalue weighted by Gasteiger charge is -2.26. The lowest BCUT2D eigenvalue weighted by molar-refractivity contribution is 0.224. The quantitative estimate of drug-likeness (QED) is 0.695. The molecule has 2 aromatic heterocycles. The van der Waals surface area contributed by atoms with Crippen molar-refractivity contribution in [2.24, 2.45) is 0 Å². The third-order valence-corrected chi connectivity index (χ3v) is 6.38. The van der Waals surface area contributed by atoms with Crippen molar-refractivity contribution in [1.29, 1.82) is 0 Å². The molecule has 3 aromatic rings. The minimum atomic E-state index is -0.486. The third kappa shape index (κ3) is 2.10. The van der Waals surface area contributed by atoms with E-state index in [4.69, 9.17) is 0 Å². The molecule has 0 radical (unpaired) electrons. The number of aliphatic hydroxyl groups excluding tert-OH is 1. The Bertz CT molecular complexity index is 708. The van der Waals surface area contributed by atoms with Crippen molar-refractivity contribution >= 4 is 32.1 Å². The summed E-state index contributed by atoms with van der Waals surface area (Å²) >= 11 is 3.44. The summed E-state index contributed by atoms with van der Waals surface area (Å²) in [5, 5.41) is 12.7. The Balaban J connectivity index is 1.67. The summed E-state index contributed by atoms with van der Waals surface area (Å²) in [7, 11) is 0. The largest absolute Gasteiger partial charge is 0.383 e. The topological polar surface area (TPSA) is 20.2 Å². The van der Waals surface area contributed by atoms with Crippen LogP contribution in [-0.2, 0) is 0 Å². The van der Waals surface area contributed by atoms with E-state index in [9.17, 15) is 5.11 Å². The Kier molecular flexibility index (Phi) is 3.14. The average Bonchev–Trinajstić information content (AvgIpc) is 2.96. The highest BCUT2D eigenvalue weighted by molar-refractivity contribution is 7.26. The van der Waals surface area contributed by atoms with Crippen molar-refractivity contribution in [3.63, 3.8) is 0 Å². The fraction of sp³-hybridized carbons (Fsp3) is 0.294. The Morgan fingerprint density at radius 2 is 2.00 bits per heavy atom. The lowest BCUT2D eigenvalue weighted by atomic mass is 9.79. The maximum absolute atomic E-state index is 10.6. The highest BCUT2D eigenvalue weighted by Crippen LogP contribution is 2.39. The van der Waals surface area contributed by atoms with E-state index < -0.39 is 6.10 Å². The molecule has 1 fully saturated rings. The van der Waals surface area contributed by atoms with Gasteiger partial charge in [-0.25, -0.2) is 0 Å². The van der Waals surface area contributed by atoms with Gasteiger partial charge in [0.15, 0.2) is 0 Å². The van der Waals surface area contributed by atoms with E-state index in [1.54, 1.807) is 22.7 Å². The van der Waals surface area contributed by atoms with E-state index in [1.807, 2.05) is 6.07 Å². The first kappa shape index (κ1) is 12.6. The fourth-order valence-electron chi connectivity index (χ4n) is 2.81. The van der Waals surface area contributed by atoms with Crippen molar-refractivity contribution in [2.45, 2.75) is 31.3 Å². The normalized spacial score (nSPS) is 17.2. The van der Waals surface area contributed by atoms with Gasteiger partial charge in [-0.1, -0.05) is 30.7 Å². The summed E-state index contributed by atoms with van der Waals surface area (Å²) in [6.07, 6.45) is 3.46. The molecule has 1 aliphatic carbocycles. The molecule has 1 N–H and O–H groups in total. The number of rotatable bonds is 3. The van der Waals surface area contributed by atoms with E-state index in [2.05, 4.69) is 35.7 Å². The van der Waals surface area contributed by atoms with Crippen LogP contribution in [0.1, 0.15) is 47.3 Å². The zero-order valence-electron chi connectivity index (χ0n) is 11.1. The predicted molar refractivity (Wildman–Crippen MR) is 86.8 cm³/mol. The molecule has 1 unspecified atom stereocenters. The number of fused-ring (bicyclic) bond motifs is 1. The summed E-state index contributed by atoms with van der Waals surface area (Å²) in [4.78, 5) is 1.05. The van der Waals surface area contributed by atoms with E-state index >= 15 is 0 Å². The van der Waals surface area contributed by atoms with Crippen LogP contribution in [0, 0.1) is 0 Å². The van der Waals surface area contributed by atoms with Gasteiger partial charge in [-0.3, -0.25) is 0 Å². The number of hydrogen-bond acceptors (Lipinski definition) is 3. The van der Waals surface area contributed by atoms with Gasteiger partial charge < -0.3 is 5.11 Å². The first-order valence-electron chi connectivity index (χ1n) is 7.06. The van der Waals surface area contributed by atoms with Crippen molar-refractivity contribution < 1.29 is 5.11 Å². The molecule has 3 heteroatoms. The van der Waals surface area contributed by atoms with E-state index in [0.717, 1.165) is 10.4 Å². The second-order valence-corrected chi connectivity index (χ2v) is 7.56. The SMILES string of the molecule is OC(c1cccc(C2CCC2)c1)c1cc2sccc2s1. The molecule has 0 aliphatic heterocycles. The van der Waals surface area contributed by atoms with E-state index in [0.29, 0.717) is 5.92 Å². The molecule has 1 aliphatic rings. The highest BCUT2D eigenvalue weighted by Gasteiger charge is 2.21. The summed E-state index contributed by atoms with van der Waals surface area (Å²) in [5.74, 6) is 0.717. The first-order valence-corrected chi connectivity index (χ1v) is 8.76. The molecular formula is C17H16OS2. The van der Waals surface area contributed by atoms with E-state index in [1.165, 1.54) is 34.2 Å². The molecule has 1 saturated carbocycles. The number of benzene rings is 1. The van der Waals surface area contributed by atoms with Gasteiger partial charge in [0, 0.05) is 14.3 Å². The molecular weight excluding hydrogens is 284 g/mol. The van der Waals surface area contributed by atoms with Crippen molar-refractivity contribution in [3.05, 3.63) is 57.8 Å². The van der Waals surface area contributed by atoms with Crippen LogP contribution < -0.4 is 0 Å². The summed E-state index contributed by atoms with van der Waals surface area (Å²) < 4.78 is 2.55. The predicted octanol–water partition coefficient (Wildman–Crippen LogP) is 5.31. The van der Waals surface area contributed by atoms with Crippen LogP contribution in [0.15, 0.2) is 41.8 Å². The number of aliphatic hydroxyl groups is 1. The molecule has 1 atom stereocenters. The number of hydrogen-bond donors (Lipinski definition) is 1. The molecule has 1 aromatic carbocycles. The summed E-state index contributed by atoms with van der Waals surface area (Å²) in [6, 6.07) is 12.8. The highest BCUT2D eigenvalue weighted by atomic mass is 32.1. The Hall–Kier alpha value is -1.16. The molecule has 102 valence electrons. The van der Waals surface area contributed by atoms with Crippen molar-refractivity contribution in [3.8, 4) is 0 Å². The lowest BCUT2D eigenvalue weighted by Crippen LogP contribution is -2.09. The van der Waals surface area contributed by atoms with Gasteiger partial charge in [0.2, 0.25) is 0 Å². The Labute approximate surface area is 126 Å². The summed E-state index contributed by atoms with van der Waals surface area (Å²) in [5.41, 5.74) is 2.43. The van der Waals surface area contributed by atoms with Crippen LogP contribution in [0.4, 0.5) is 0 Å². The molecule has 20 heavy (non-hydrogen) atoms. The van der Waals surface area contributed by atoms with Crippen LogP contribution in [0.25, 0.3) is 9.40 Å². The van der Waals surface area contributed by atoms with Gasteiger partial charge in [0.25, 0.3) is 0 Å². The molecule has 2 heterocycles. The molecule has 1 nitrogen and oxygen atoms in total. The second kappa shape index (κ2) is 4.99. The van der Waals surface area contributed by atoms with Crippen molar-refractivity contribution in [2.75, 3.05) is 0 Å². The van der Waals surface area contributed by atoms with Gasteiger partial charge in [-0.2, -0.15) is 0 Å². The second-order valence-electron chi connectivity index (χ2n) is 5.50. The smallest absolute Gasteiger partial charge is 0.113 e. The van der Waals surface area contributed by atoms with Crippen LogP contribution in [0.5, 0.6) is 0 Å². The van der Waals surface area contributed by atoms with Crippen LogP contribution in [0.2, 0.25) is 0 Å². The fourth-order valence-corrected chi connectivity index (χ4v) is 4.94. The maximum Gasteiger partial charge on any atom is 0.113 e. The first-order chi connectivity index (χ1) is 9.81. The molecule has 0 saturated heterocycles. The minimum Gasteiger partial charge on any atom is -0.383 e.